The quantitative estimate of drug-likeness (QED) is 0.675. The van der Waals surface area contributed by atoms with E-state index in [1.165, 1.54) is 16.8 Å². The van der Waals surface area contributed by atoms with Crippen molar-refractivity contribution >= 4 is 25.6 Å². The second-order valence-electron chi connectivity index (χ2n) is 6.38. The Bertz CT molecular complexity index is 626. The van der Waals surface area contributed by atoms with Gasteiger partial charge < -0.3 is 4.90 Å². The van der Waals surface area contributed by atoms with Crippen LogP contribution in [0.5, 0.6) is 0 Å². The first-order chi connectivity index (χ1) is 9.60. The topological polar surface area (TPSA) is 57.6 Å². The van der Waals surface area contributed by atoms with Gasteiger partial charge in [0.05, 0.1) is 0 Å². The van der Waals surface area contributed by atoms with Gasteiger partial charge >= 0.3 is 9.15 Å². The first-order valence-corrected chi connectivity index (χ1v) is 10.0. The molecule has 6 heteroatoms. The first kappa shape index (κ1) is 16.6. The number of rotatable bonds is 4. The summed E-state index contributed by atoms with van der Waals surface area (Å²) in [7, 11) is -3.37. The third kappa shape index (κ3) is 3.93. The van der Waals surface area contributed by atoms with Crippen molar-refractivity contribution in [3.63, 3.8) is 0 Å². The highest BCUT2D eigenvalue weighted by Gasteiger charge is 2.36. The zero-order chi connectivity index (χ0) is 15.8. The molecule has 1 unspecified atom stereocenters. The van der Waals surface area contributed by atoms with E-state index >= 15 is 0 Å². The van der Waals surface area contributed by atoms with Gasteiger partial charge in [0.2, 0.25) is 0 Å². The summed E-state index contributed by atoms with van der Waals surface area (Å²) in [5.41, 5.74) is 3.68. The normalized spacial score (nSPS) is 21.2. The molecule has 0 fully saturated rings. The molecule has 0 spiro atoms. The Morgan fingerprint density at radius 1 is 1.43 bits per heavy atom. The molecule has 0 aromatic heterocycles. The van der Waals surface area contributed by atoms with Crippen molar-refractivity contribution in [2.24, 2.45) is 0 Å². The fraction of sp³-hybridized carbons (Fsp3) is 0.600. The fourth-order valence-corrected chi connectivity index (χ4v) is 4.58. The van der Waals surface area contributed by atoms with Crippen LogP contribution in [0.3, 0.4) is 0 Å². The third-order valence-corrected chi connectivity index (χ3v) is 6.13. The molecule has 0 saturated heterocycles. The number of aryl methyl sites for hydroxylation is 1. The van der Waals surface area contributed by atoms with Crippen LogP contribution in [0.15, 0.2) is 18.2 Å². The van der Waals surface area contributed by atoms with Crippen molar-refractivity contribution < 1.29 is 13.0 Å². The van der Waals surface area contributed by atoms with E-state index < -0.39 is 9.15 Å². The van der Waals surface area contributed by atoms with Crippen LogP contribution in [-0.4, -0.2) is 30.8 Å². The molecule has 1 aliphatic rings. The average molecular weight is 329 g/mol. The summed E-state index contributed by atoms with van der Waals surface area (Å²) >= 11 is 0. The molecular formula is C15H23NO3S2. The predicted octanol–water partition coefficient (Wildman–Crippen LogP) is 3.62. The van der Waals surface area contributed by atoms with E-state index in [2.05, 4.69) is 50.8 Å². The summed E-state index contributed by atoms with van der Waals surface area (Å²) in [5, 5.41) is 0. The summed E-state index contributed by atoms with van der Waals surface area (Å²) in [6.07, 6.45) is 1.03. The standard InChI is InChI=1S/C15H23NO3S2/c1-11-5-6-13-12(2)10-15(3,4)16(14(13)9-11)7-8-20-21(17,18)19/h5-6,9,12H,7-8,10H2,1-4H3,(H,17,18,19). The minimum Gasteiger partial charge on any atom is -0.365 e. The monoisotopic (exact) mass is 329 g/mol. The average Bonchev–Trinajstić information content (AvgIpc) is 2.30. The Kier molecular flexibility index (Phi) is 4.61. The number of anilines is 1. The van der Waals surface area contributed by atoms with Crippen molar-refractivity contribution in [3.8, 4) is 0 Å². The van der Waals surface area contributed by atoms with Crippen LogP contribution >= 0.6 is 10.8 Å². The molecule has 0 radical (unpaired) electrons. The maximum atomic E-state index is 10.9. The molecule has 2 rings (SSSR count). The zero-order valence-corrected chi connectivity index (χ0v) is 14.6. The molecule has 118 valence electrons. The largest absolute Gasteiger partial charge is 0.365 e. The lowest BCUT2D eigenvalue weighted by Gasteiger charge is -2.47. The third-order valence-electron chi connectivity index (χ3n) is 4.09. The molecule has 1 aromatic rings. The zero-order valence-electron chi connectivity index (χ0n) is 13.0. The molecule has 0 saturated carbocycles. The highest BCUT2D eigenvalue weighted by atomic mass is 33.1. The highest BCUT2D eigenvalue weighted by molar-refractivity contribution is 8.69. The smallest absolute Gasteiger partial charge is 0.319 e. The van der Waals surface area contributed by atoms with Gasteiger partial charge in [0.1, 0.15) is 0 Å². The summed E-state index contributed by atoms with van der Waals surface area (Å²) < 4.78 is 30.6. The van der Waals surface area contributed by atoms with Gasteiger partial charge in [0.25, 0.3) is 0 Å². The maximum Gasteiger partial charge on any atom is 0.319 e. The number of nitrogens with zero attached hydrogens (tertiary/aromatic N) is 1. The van der Waals surface area contributed by atoms with Gasteiger partial charge in [-0.05, 0) is 61.1 Å². The van der Waals surface area contributed by atoms with Crippen LogP contribution in [0.25, 0.3) is 0 Å². The summed E-state index contributed by atoms with van der Waals surface area (Å²) in [6.45, 7) is 9.28. The SMILES string of the molecule is Cc1ccc2c(c1)N(CCSS(=O)(=O)O)C(C)(C)CC2C. The molecule has 1 N–H and O–H groups in total. The Morgan fingerprint density at radius 2 is 2.10 bits per heavy atom. The first-order valence-electron chi connectivity index (χ1n) is 7.10. The summed E-state index contributed by atoms with van der Waals surface area (Å²) in [5.74, 6) is 0.838. The molecule has 1 aliphatic heterocycles. The Morgan fingerprint density at radius 3 is 2.71 bits per heavy atom. The lowest BCUT2D eigenvalue weighted by Crippen LogP contribution is -2.49. The fourth-order valence-electron chi connectivity index (χ4n) is 3.26. The van der Waals surface area contributed by atoms with Crippen LogP contribution in [0, 0.1) is 6.92 Å². The molecule has 0 aliphatic carbocycles. The van der Waals surface area contributed by atoms with Gasteiger partial charge in [-0.25, -0.2) is 0 Å². The van der Waals surface area contributed by atoms with Crippen LogP contribution in [0.4, 0.5) is 5.69 Å². The van der Waals surface area contributed by atoms with Crippen LogP contribution in [0.1, 0.15) is 44.2 Å². The molecule has 21 heavy (non-hydrogen) atoms. The molecular weight excluding hydrogens is 306 g/mol. The molecule has 4 nitrogen and oxygen atoms in total. The van der Waals surface area contributed by atoms with Crippen LogP contribution < -0.4 is 4.90 Å². The van der Waals surface area contributed by atoms with E-state index in [1.807, 2.05) is 0 Å². The Hall–Kier alpha value is -0.720. The van der Waals surface area contributed by atoms with Gasteiger partial charge in [-0.3, -0.25) is 4.55 Å². The minimum absolute atomic E-state index is 0.0278. The van der Waals surface area contributed by atoms with Gasteiger partial charge in [0, 0.05) is 23.5 Å². The van der Waals surface area contributed by atoms with Gasteiger partial charge in [-0.2, -0.15) is 8.42 Å². The summed E-state index contributed by atoms with van der Waals surface area (Å²) in [4.78, 5) is 2.27. The highest BCUT2D eigenvalue weighted by Crippen LogP contribution is 2.43. The van der Waals surface area contributed by atoms with Crippen LogP contribution in [-0.2, 0) is 9.15 Å². The molecule has 1 heterocycles. The van der Waals surface area contributed by atoms with E-state index in [4.69, 9.17) is 4.55 Å². The van der Waals surface area contributed by atoms with Crippen molar-refractivity contribution in [3.05, 3.63) is 29.3 Å². The molecule has 1 atom stereocenters. The van der Waals surface area contributed by atoms with Gasteiger partial charge in [-0.1, -0.05) is 19.1 Å². The van der Waals surface area contributed by atoms with E-state index in [1.54, 1.807) is 0 Å². The van der Waals surface area contributed by atoms with E-state index in [-0.39, 0.29) is 5.54 Å². The van der Waals surface area contributed by atoms with E-state index in [0.717, 1.165) is 6.42 Å². The number of benzene rings is 1. The maximum absolute atomic E-state index is 10.9. The van der Waals surface area contributed by atoms with Crippen molar-refractivity contribution in [1.29, 1.82) is 0 Å². The molecule has 1 aromatic carbocycles. The van der Waals surface area contributed by atoms with E-state index in [9.17, 15) is 8.42 Å². The Labute approximate surface area is 131 Å². The van der Waals surface area contributed by atoms with Gasteiger partial charge in [-0.15, -0.1) is 0 Å². The lowest BCUT2D eigenvalue weighted by molar-refractivity contribution is 0.382. The molecule has 0 amide bonds. The second kappa shape index (κ2) is 5.82. The predicted molar refractivity (Wildman–Crippen MR) is 89.6 cm³/mol. The number of hydrogen-bond acceptors (Lipinski definition) is 4. The number of fused-ring (bicyclic) bond motifs is 1. The van der Waals surface area contributed by atoms with E-state index in [0.29, 0.717) is 29.0 Å². The summed E-state index contributed by atoms with van der Waals surface area (Å²) in [6, 6.07) is 6.47. The lowest BCUT2D eigenvalue weighted by atomic mass is 9.80. The van der Waals surface area contributed by atoms with Gasteiger partial charge in [0.15, 0.2) is 0 Å². The van der Waals surface area contributed by atoms with Crippen LogP contribution in [0.2, 0.25) is 0 Å². The molecule has 0 bridgehead atoms. The van der Waals surface area contributed by atoms with Crippen molar-refractivity contribution in [1.82, 2.24) is 0 Å². The minimum atomic E-state index is -3.97. The number of hydrogen-bond donors (Lipinski definition) is 1. The Balaban J connectivity index is 2.29. The second-order valence-corrected chi connectivity index (χ2v) is 9.85. The van der Waals surface area contributed by atoms with Crippen molar-refractivity contribution in [2.75, 3.05) is 17.2 Å². The van der Waals surface area contributed by atoms with Crippen molar-refractivity contribution in [2.45, 2.75) is 45.6 Å².